The number of carbonyl (C=O) groups excluding carboxylic acids is 1. The second kappa shape index (κ2) is 3.55. The monoisotopic (exact) mass is 252 g/mol. The third-order valence-electron chi connectivity index (χ3n) is 2.13. The number of hydrogen-bond acceptors (Lipinski definition) is 2. The van der Waals surface area contributed by atoms with Crippen LogP contribution in [0.3, 0.4) is 0 Å². The van der Waals surface area contributed by atoms with Crippen molar-refractivity contribution in [2.75, 3.05) is 6.54 Å². The highest BCUT2D eigenvalue weighted by Gasteiger charge is 2.09. The SMILES string of the molecule is NCC(=O)c1c[nH]c2ccc(Br)cc12. The molecule has 0 aliphatic carbocycles. The van der Waals surface area contributed by atoms with Gasteiger partial charge in [0.2, 0.25) is 0 Å². The van der Waals surface area contributed by atoms with Gasteiger partial charge in [-0.05, 0) is 18.2 Å². The number of nitrogens with two attached hydrogens (primary N) is 1. The maximum atomic E-state index is 11.4. The lowest BCUT2D eigenvalue weighted by molar-refractivity contribution is 0.100. The van der Waals surface area contributed by atoms with Crippen LogP contribution in [0.1, 0.15) is 10.4 Å². The summed E-state index contributed by atoms with van der Waals surface area (Å²) in [6, 6.07) is 5.76. The minimum atomic E-state index is -0.0469. The predicted molar refractivity (Wildman–Crippen MR) is 59.4 cm³/mol. The van der Waals surface area contributed by atoms with E-state index < -0.39 is 0 Å². The van der Waals surface area contributed by atoms with Crippen LogP contribution in [0.5, 0.6) is 0 Å². The molecule has 0 aliphatic rings. The number of halogens is 1. The first-order valence-electron chi connectivity index (χ1n) is 4.22. The quantitative estimate of drug-likeness (QED) is 0.805. The zero-order valence-electron chi connectivity index (χ0n) is 7.38. The molecule has 0 bridgehead atoms. The first-order chi connectivity index (χ1) is 6.72. The molecule has 3 nitrogen and oxygen atoms in total. The van der Waals surface area contributed by atoms with Crippen molar-refractivity contribution in [2.24, 2.45) is 5.73 Å². The summed E-state index contributed by atoms with van der Waals surface area (Å²) in [5.41, 5.74) is 6.92. The van der Waals surface area contributed by atoms with Crippen molar-refractivity contribution in [1.29, 1.82) is 0 Å². The zero-order valence-corrected chi connectivity index (χ0v) is 8.97. The molecule has 3 N–H and O–H groups in total. The Morgan fingerprint density at radius 3 is 3.00 bits per heavy atom. The molecule has 2 aromatic rings. The number of benzene rings is 1. The predicted octanol–water partition coefficient (Wildman–Crippen LogP) is 2.07. The first kappa shape index (κ1) is 9.43. The maximum Gasteiger partial charge on any atom is 0.178 e. The van der Waals surface area contributed by atoms with Gasteiger partial charge in [-0.15, -0.1) is 0 Å². The van der Waals surface area contributed by atoms with Crippen molar-refractivity contribution in [3.63, 3.8) is 0 Å². The number of fused-ring (bicyclic) bond motifs is 1. The van der Waals surface area contributed by atoms with Crippen molar-refractivity contribution in [1.82, 2.24) is 4.98 Å². The summed E-state index contributed by atoms with van der Waals surface area (Å²) >= 11 is 3.37. The van der Waals surface area contributed by atoms with Crippen LogP contribution in [0.2, 0.25) is 0 Å². The third-order valence-corrected chi connectivity index (χ3v) is 2.62. The Balaban J connectivity index is 2.67. The van der Waals surface area contributed by atoms with Gasteiger partial charge in [-0.3, -0.25) is 4.79 Å². The standard InChI is InChI=1S/C10H9BrN2O/c11-6-1-2-9-7(3-6)8(5-13-9)10(14)4-12/h1-3,5,13H,4,12H2. The molecule has 72 valence electrons. The van der Waals surface area contributed by atoms with Crippen molar-refractivity contribution >= 4 is 32.6 Å². The minimum absolute atomic E-state index is 0.0411. The van der Waals surface area contributed by atoms with Gasteiger partial charge in [-0.2, -0.15) is 0 Å². The van der Waals surface area contributed by atoms with Crippen molar-refractivity contribution in [3.05, 3.63) is 34.4 Å². The topological polar surface area (TPSA) is 58.9 Å². The van der Waals surface area contributed by atoms with Crippen LogP contribution < -0.4 is 5.73 Å². The lowest BCUT2D eigenvalue weighted by Gasteiger charge is -1.95. The number of aromatic amines is 1. The lowest BCUT2D eigenvalue weighted by Crippen LogP contribution is -2.12. The van der Waals surface area contributed by atoms with Crippen molar-refractivity contribution in [2.45, 2.75) is 0 Å². The number of Topliss-reactive ketones (excluding diaryl/α,β-unsaturated/α-hetero) is 1. The first-order valence-corrected chi connectivity index (χ1v) is 5.01. The van der Waals surface area contributed by atoms with E-state index in [1.165, 1.54) is 0 Å². The average Bonchev–Trinajstić information content (AvgIpc) is 2.59. The van der Waals surface area contributed by atoms with Crippen LogP contribution >= 0.6 is 15.9 Å². The average molecular weight is 253 g/mol. The van der Waals surface area contributed by atoms with E-state index in [9.17, 15) is 4.79 Å². The van der Waals surface area contributed by atoms with Crippen LogP contribution in [-0.4, -0.2) is 17.3 Å². The number of nitrogens with one attached hydrogen (secondary N) is 1. The third kappa shape index (κ3) is 1.47. The molecule has 0 aliphatic heterocycles. The Morgan fingerprint density at radius 1 is 1.50 bits per heavy atom. The second-order valence-electron chi connectivity index (χ2n) is 3.02. The number of hydrogen-bond donors (Lipinski definition) is 2. The van der Waals surface area contributed by atoms with Gasteiger partial charge in [-0.25, -0.2) is 0 Å². The number of carbonyl (C=O) groups is 1. The minimum Gasteiger partial charge on any atom is -0.360 e. The molecule has 1 aromatic heterocycles. The van der Waals surface area contributed by atoms with E-state index in [2.05, 4.69) is 20.9 Å². The van der Waals surface area contributed by atoms with Gasteiger partial charge >= 0.3 is 0 Å². The Morgan fingerprint density at radius 2 is 2.29 bits per heavy atom. The lowest BCUT2D eigenvalue weighted by atomic mass is 10.1. The molecule has 4 heteroatoms. The van der Waals surface area contributed by atoms with Crippen LogP contribution in [0, 0.1) is 0 Å². The van der Waals surface area contributed by atoms with Gasteiger partial charge in [0.15, 0.2) is 5.78 Å². The normalized spacial score (nSPS) is 10.7. The highest BCUT2D eigenvalue weighted by atomic mass is 79.9. The van der Waals surface area contributed by atoms with E-state index in [0.29, 0.717) is 5.56 Å². The molecule has 0 saturated heterocycles. The van der Waals surface area contributed by atoms with Gasteiger partial charge in [0, 0.05) is 27.1 Å². The van der Waals surface area contributed by atoms with E-state index in [-0.39, 0.29) is 12.3 Å². The molecular formula is C10H9BrN2O. The van der Waals surface area contributed by atoms with Gasteiger partial charge in [0.05, 0.1) is 6.54 Å². The fourth-order valence-corrected chi connectivity index (χ4v) is 1.79. The van der Waals surface area contributed by atoms with Crippen LogP contribution in [0.25, 0.3) is 10.9 Å². The van der Waals surface area contributed by atoms with Gasteiger partial charge < -0.3 is 10.7 Å². The van der Waals surface area contributed by atoms with E-state index in [4.69, 9.17) is 5.73 Å². The molecule has 0 fully saturated rings. The van der Waals surface area contributed by atoms with Crippen LogP contribution in [-0.2, 0) is 0 Å². The maximum absolute atomic E-state index is 11.4. The van der Waals surface area contributed by atoms with Crippen molar-refractivity contribution in [3.8, 4) is 0 Å². The number of ketones is 1. The summed E-state index contributed by atoms with van der Waals surface area (Å²) < 4.78 is 0.954. The Bertz CT molecular complexity index is 490. The molecule has 0 unspecified atom stereocenters. The summed E-state index contributed by atoms with van der Waals surface area (Å²) in [5, 5.41) is 0.912. The van der Waals surface area contributed by atoms with Crippen LogP contribution in [0.4, 0.5) is 0 Å². The van der Waals surface area contributed by atoms with Gasteiger partial charge in [-0.1, -0.05) is 15.9 Å². The molecule has 0 saturated carbocycles. The molecule has 0 radical (unpaired) electrons. The Hall–Kier alpha value is -1.13. The summed E-state index contributed by atoms with van der Waals surface area (Å²) in [7, 11) is 0. The fraction of sp³-hybridized carbons (Fsp3) is 0.100. The van der Waals surface area contributed by atoms with E-state index in [0.717, 1.165) is 15.4 Å². The molecule has 1 aromatic carbocycles. The zero-order chi connectivity index (χ0) is 10.1. The molecule has 0 spiro atoms. The summed E-state index contributed by atoms with van der Waals surface area (Å²) in [6.45, 7) is 0.0411. The van der Waals surface area contributed by atoms with E-state index in [1.54, 1.807) is 6.20 Å². The summed E-state index contributed by atoms with van der Waals surface area (Å²) in [5.74, 6) is -0.0469. The van der Waals surface area contributed by atoms with E-state index >= 15 is 0 Å². The van der Waals surface area contributed by atoms with Gasteiger partial charge in [0.1, 0.15) is 0 Å². The van der Waals surface area contributed by atoms with Gasteiger partial charge in [0.25, 0.3) is 0 Å². The number of rotatable bonds is 2. The number of aromatic nitrogens is 1. The summed E-state index contributed by atoms with van der Waals surface area (Å²) in [4.78, 5) is 14.5. The largest absolute Gasteiger partial charge is 0.360 e. The molecular weight excluding hydrogens is 244 g/mol. The molecule has 2 rings (SSSR count). The highest BCUT2D eigenvalue weighted by Crippen LogP contribution is 2.22. The molecule has 1 heterocycles. The second-order valence-corrected chi connectivity index (χ2v) is 3.94. The highest BCUT2D eigenvalue weighted by molar-refractivity contribution is 9.10. The fourth-order valence-electron chi connectivity index (χ4n) is 1.43. The number of H-pyrrole nitrogens is 1. The molecule has 14 heavy (non-hydrogen) atoms. The van der Waals surface area contributed by atoms with E-state index in [1.807, 2.05) is 18.2 Å². The smallest absolute Gasteiger partial charge is 0.178 e. The molecule has 0 atom stereocenters. The Kier molecular flexibility index (Phi) is 2.39. The Labute approximate surface area is 89.4 Å². The van der Waals surface area contributed by atoms with Crippen LogP contribution in [0.15, 0.2) is 28.9 Å². The molecule has 0 amide bonds. The summed E-state index contributed by atoms with van der Waals surface area (Å²) in [6.07, 6.45) is 1.70. The van der Waals surface area contributed by atoms with Crippen molar-refractivity contribution < 1.29 is 4.79 Å².